The first-order valence-corrected chi connectivity index (χ1v) is 14.0. The first-order valence-electron chi connectivity index (χ1n) is 12.4. The maximum absolute atomic E-state index is 13.7. The number of fused-ring (bicyclic) bond motifs is 2. The number of piperidine rings is 1. The number of hydrogen-bond donors (Lipinski definition) is 2. The molecule has 2 aliphatic rings. The lowest BCUT2D eigenvalue weighted by molar-refractivity contribution is -0.274. The molecule has 2 aliphatic heterocycles. The van der Waals surface area contributed by atoms with Crippen LogP contribution in [0.3, 0.4) is 0 Å². The second-order valence-electron chi connectivity index (χ2n) is 9.72. The van der Waals surface area contributed by atoms with Crippen LogP contribution in [0.15, 0.2) is 83.8 Å². The van der Waals surface area contributed by atoms with Crippen molar-refractivity contribution in [3.63, 3.8) is 0 Å². The highest BCUT2D eigenvalue weighted by Crippen LogP contribution is 2.47. The molecule has 0 saturated carbocycles. The van der Waals surface area contributed by atoms with Crippen LogP contribution in [0.4, 0.5) is 13.2 Å². The summed E-state index contributed by atoms with van der Waals surface area (Å²) in [4.78, 5) is 0.304. The largest absolute Gasteiger partial charge is 0.573 e. The van der Waals surface area contributed by atoms with E-state index in [-0.39, 0.29) is 49.2 Å². The fourth-order valence-electron chi connectivity index (χ4n) is 5.88. The highest BCUT2D eigenvalue weighted by molar-refractivity contribution is 7.92. The number of halogens is 5. The van der Waals surface area contributed by atoms with Crippen molar-refractivity contribution in [2.45, 2.75) is 59.9 Å². The molecule has 2 N–H and O–H groups in total. The van der Waals surface area contributed by atoms with Gasteiger partial charge in [0.1, 0.15) is 11.5 Å². The van der Waals surface area contributed by atoms with Gasteiger partial charge in [0, 0.05) is 24.2 Å². The molecule has 2 heterocycles. The summed E-state index contributed by atoms with van der Waals surface area (Å²) in [6, 6.07) is 21.8. The second kappa shape index (κ2) is 12.6. The quantitative estimate of drug-likeness (QED) is 0.333. The van der Waals surface area contributed by atoms with Crippen LogP contribution in [0.5, 0.6) is 11.5 Å². The molecule has 40 heavy (non-hydrogen) atoms. The molecular formula is C28H31Cl2F3N2O4S. The van der Waals surface area contributed by atoms with E-state index in [9.17, 15) is 21.6 Å². The van der Waals surface area contributed by atoms with Crippen molar-refractivity contribution in [3.8, 4) is 11.5 Å². The standard InChI is InChI=1S/C28H29F3N2O4S.2ClH/c1-36-24-14-12-21(37-28(29,30)31)16-19(24)18-32-26-15-13-23-25(38(34,35)22-10-6-3-7-11-22)17-27(26,33-23)20-8-4-2-5-9-20;;/h2-12,14,16,23,25-26,32-33H,13,15,17-18H2,1H3;2*1H/t23-,25+,26+,27+;;/m0../s1. The summed E-state index contributed by atoms with van der Waals surface area (Å²) in [5.41, 5.74) is 0.796. The Kier molecular flexibility index (Phi) is 10.1. The van der Waals surface area contributed by atoms with Crippen LogP contribution in [-0.4, -0.2) is 39.2 Å². The summed E-state index contributed by atoms with van der Waals surface area (Å²) in [7, 11) is -2.14. The molecule has 0 aliphatic carbocycles. The zero-order chi connectivity index (χ0) is 27.0. The fraction of sp³-hybridized carbons (Fsp3) is 0.357. The van der Waals surface area contributed by atoms with Gasteiger partial charge in [-0.25, -0.2) is 8.42 Å². The molecule has 2 bridgehead atoms. The smallest absolute Gasteiger partial charge is 0.496 e. The van der Waals surface area contributed by atoms with Gasteiger partial charge in [0.2, 0.25) is 0 Å². The molecule has 3 aromatic rings. The molecule has 0 amide bonds. The zero-order valence-electron chi connectivity index (χ0n) is 21.6. The minimum atomic E-state index is -4.80. The van der Waals surface area contributed by atoms with E-state index < -0.39 is 27.0 Å². The SMILES string of the molecule is COc1ccc(OC(F)(F)F)cc1CN[C@@H]1CC[C@@H]2N[C@@]1(c1ccccc1)C[C@H]2S(=O)(=O)c1ccccc1.Cl.Cl. The van der Waals surface area contributed by atoms with E-state index in [1.807, 2.05) is 30.3 Å². The highest BCUT2D eigenvalue weighted by atomic mass is 35.5. The van der Waals surface area contributed by atoms with Crippen LogP contribution >= 0.6 is 24.8 Å². The van der Waals surface area contributed by atoms with Crippen molar-refractivity contribution in [1.82, 2.24) is 10.6 Å². The Morgan fingerprint density at radius 2 is 1.62 bits per heavy atom. The van der Waals surface area contributed by atoms with Gasteiger partial charge in [0.15, 0.2) is 9.84 Å². The lowest BCUT2D eigenvalue weighted by atomic mass is 9.79. The average Bonchev–Trinajstić information content (AvgIpc) is 3.23. The Bertz CT molecular complexity index is 1380. The summed E-state index contributed by atoms with van der Waals surface area (Å²) in [6.07, 6.45) is -3.11. The van der Waals surface area contributed by atoms with Crippen molar-refractivity contribution in [2.75, 3.05) is 7.11 Å². The van der Waals surface area contributed by atoms with Crippen molar-refractivity contribution in [1.29, 1.82) is 0 Å². The lowest BCUT2D eigenvalue weighted by Crippen LogP contribution is -2.58. The molecule has 2 saturated heterocycles. The maximum atomic E-state index is 13.7. The van der Waals surface area contributed by atoms with Gasteiger partial charge in [-0.3, -0.25) is 0 Å². The minimum absolute atomic E-state index is 0. The van der Waals surface area contributed by atoms with Crippen molar-refractivity contribution in [2.24, 2.45) is 0 Å². The molecule has 3 aromatic carbocycles. The maximum Gasteiger partial charge on any atom is 0.573 e. The molecular weight excluding hydrogens is 588 g/mol. The number of ether oxygens (including phenoxy) is 2. The van der Waals surface area contributed by atoms with Gasteiger partial charge in [-0.1, -0.05) is 48.5 Å². The Hall–Kier alpha value is -2.50. The molecule has 0 radical (unpaired) electrons. The zero-order valence-corrected chi connectivity index (χ0v) is 24.0. The second-order valence-corrected chi connectivity index (χ2v) is 11.9. The number of nitrogens with one attached hydrogen (secondary N) is 2. The Balaban J connectivity index is 0.00000220. The van der Waals surface area contributed by atoms with Crippen LogP contribution in [0, 0.1) is 0 Å². The van der Waals surface area contributed by atoms with Crippen LogP contribution in [0.1, 0.15) is 30.4 Å². The summed E-state index contributed by atoms with van der Waals surface area (Å²) in [5.74, 6) is 0.1000. The van der Waals surface area contributed by atoms with Crippen molar-refractivity contribution < 1.29 is 31.1 Å². The van der Waals surface area contributed by atoms with Gasteiger partial charge >= 0.3 is 6.36 Å². The minimum Gasteiger partial charge on any atom is -0.496 e. The van der Waals surface area contributed by atoms with E-state index in [2.05, 4.69) is 15.4 Å². The van der Waals surface area contributed by atoms with Crippen LogP contribution in [0.2, 0.25) is 0 Å². The monoisotopic (exact) mass is 618 g/mol. The number of rotatable bonds is 8. The van der Waals surface area contributed by atoms with E-state index in [1.165, 1.54) is 25.3 Å². The molecule has 5 rings (SSSR count). The van der Waals surface area contributed by atoms with Crippen molar-refractivity contribution >= 4 is 34.7 Å². The molecule has 4 atom stereocenters. The van der Waals surface area contributed by atoms with Gasteiger partial charge in [0.05, 0.1) is 22.8 Å². The highest BCUT2D eigenvalue weighted by Gasteiger charge is 2.57. The Labute approximate surface area is 244 Å². The fourth-order valence-corrected chi connectivity index (χ4v) is 7.89. The molecule has 0 unspecified atom stereocenters. The van der Waals surface area contributed by atoms with E-state index in [0.29, 0.717) is 35.5 Å². The molecule has 218 valence electrons. The summed E-state index contributed by atoms with van der Waals surface area (Å²) >= 11 is 0. The third kappa shape index (κ3) is 6.36. The van der Waals surface area contributed by atoms with Gasteiger partial charge < -0.3 is 20.1 Å². The summed E-state index contributed by atoms with van der Waals surface area (Å²) in [6.45, 7) is 0.208. The first kappa shape index (κ1) is 32.0. The van der Waals surface area contributed by atoms with Crippen LogP contribution in [-0.2, 0) is 21.9 Å². The third-order valence-corrected chi connectivity index (χ3v) is 9.78. The predicted octanol–water partition coefficient (Wildman–Crippen LogP) is 5.79. The summed E-state index contributed by atoms with van der Waals surface area (Å²) in [5, 5.41) is 6.55. The van der Waals surface area contributed by atoms with Gasteiger partial charge in [-0.15, -0.1) is 38.0 Å². The number of methoxy groups -OCH3 is 1. The lowest BCUT2D eigenvalue weighted by Gasteiger charge is -2.43. The molecule has 0 spiro atoms. The Morgan fingerprint density at radius 1 is 0.975 bits per heavy atom. The normalized spacial score (nSPS) is 23.9. The molecule has 12 heteroatoms. The molecule has 0 aromatic heterocycles. The van der Waals surface area contributed by atoms with Gasteiger partial charge in [-0.2, -0.15) is 0 Å². The van der Waals surface area contributed by atoms with E-state index in [1.54, 1.807) is 30.3 Å². The number of sulfone groups is 1. The van der Waals surface area contributed by atoms with E-state index in [4.69, 9.17) is 4.74 Å². The number of benzene rings is 3. The summed E-state index contributed by atoms with van der Waals surface area (Å²) < 4.78 is 75.3. The van der Waals surface area contributed by atoms with Gasteiger partial charge in [-0.05, 0) is 55.2 Å². The first-order chi connectivity index (χ1) is 18.1. The van der Waals surface area contributed by atoms with Gasteiger partial charge in [0.25, 0.3) is 0 Å². The van der Waals surface area contributed by atoms with E-state index in [0.717, 1.165) is 5.56 Å². The van der Waals surface area contributed by atoms with Crippen LogP contribution < -0.4 is 20.1 Å². The average molecular weight is 620 g/mol. The topological polar surface area (TPSA) is 76.7 Å². The Morgan fingerprint density at radius 3 is 2.25 bits per heavy atom. The van der Waals surface area contributed by atoms with E-state index >= 15 is 0 Å². The molecule has 2 fully saturated rings. The van der Waals surface area contributed by atoms with Crippen LogP contribution in [0.25, 0.3) is 0 Å². The predicted molar refractivity (Wildman–Crippen MR) is 151 cm³/mol. The number of hydrogen-bond acceptors (Lipinski definition) is 6. The molecule has 6 nitrogen and oxygen atoms in total. The number of alkyl halides is 3. The van der Waals surface area contributed by atoms with Crippen molar-refractivity contribution in [3.05, 3.63) is 90.0 Å². The third-order valence-electron chi connectivity index (χ3n) is 7.56.